The Kier molecular flexibility index (Phi) is 10.9. The fourth-order valence-corrected chi connectivity index (χ4v) is 4.98. The van der Waals surface area contributed by atoms with Crippen LogP contribution in [-0.4, -0.2) is 12.7 Å². The zero-order valence-electron chi connectivity index (χ0n) is 21.6. The number of halogens is 4. The lowest BCUT2D eigenvalue weighted by Gasteiger charge is -2.29. The van der Waals surface area contributed by atoms with Crippen molar-refractivity contribution in [2.24, 2.45) is 5.92 Å². The van der Waals surface area contributed by atoms with E-state index in [1.165, 1.54) is 50.7 Å². The SMILES string of the molecule is CCCCCC1CCC(c2ccc(OC(F)(F)CCc3ccc(OCCCC)c(F)c3F)cc2)CC1. The van der Waals surface area contributed by atoms with Crippen molar-refractivity contribution in [1.82, 2.24) is 0 Å². The number of ether oxygens (including phenoxy) is 2. The maximum atomic E-state index is 14.5. The van der Waals surface area contributed by atoms with Gasteiger partial charge in [0.2, 0.25) is 5.82 Å². The van der Waals surface area contributed by atoms with Gasteiger partial charge < -0.3 is 9.47 Å². The summed E-state index contributed by atoms with van der Waals surface area (Å²) in [6, 6.07) is 9.50. The lowest BCUT2D eigenvalue weighted by Crippen LogP contribution is -2.25. The minimum absolute atomic E-state index is 0.0725. The number of hydrogen-bond acceptors (Lipinski definition) is 2. The third kappa shape index (κ3) is 8.41. The van der Waals surface area contributed by atoms with E-state index in [1.54, 1.807) is 12.1 Å². The van der Waals surface area contributed by atoms with Crippen LogP contribution in [0.1, 0.15) is 102 Å². The largest absolute Gasteiger partial charge is 0.490 e. The highest BCUT2D eigenvalue weighted by Crippen LogP contribution is 2.38. The molecule has 0 aliphatic heterocycles. The van der Waals surface area contributed by atoms with E-state index in [-0.39, 0.29) is 30.1 Å². The van der Waals surface area contributed by atoms with Gasteiger partial charge in [0.15, 0.2) is 11.6 Å². The van der Waals surface area contributed by atoms with E-state index in [0.29, 0.717) is 12.3 Å². The summed E-state index contributed by atoms with van der Waals surface area (Å²) in [7, 11) is 0. The maximum absolute atomic E-state index is 14.5. The second-order valence-electron chi connectivity index (χ2n) is 10.1. The molecule has 2 aromatic rings. The smallest absolute Gasteiger partial charge is 0.398 e. The van der Waals surface area contributed by atoms with E-state index in [9.17, 15) is 17.6 Å². The van der Waals surface area contributed by atoms with Gasteiger partial charge in [-0.05, 0) is 79.7 Å². The highest BCUT2D eigenvalue weighted by Gasteiger charge is 2.32. The molecule has 2 aromatic carbocycles. The van der Waals surface area contributed by atoms with Crippen LogP contribution in [0.3, 0.4) is 0 Å². The average Bonchev–Trinajstić information content (AvgIpc) is 2.87. The Hall–Kier alpha value is -2.24. The van der Waals surface area contributed by atoms with Crippen molar-refractivity contribution in [3.63, 3.8) is 0 Å². The van der Waals surface area contributed by atoms with Crippen molar-refractivity contribution in [3.8, 4) is 11.5 Å². The van der Waals surface area contributed by atoms with Crippen LogP contribution in [0, 0.1) is 17.6 Å². The molecule has 0 unspecified atom stereocenters. The molecule has 0 atom stereocenters. The maximum Gasteiger partial charge on any atom is 0.398 e. The Balaban J connectivity index is 1.49. The van der Waals surface area contributed by atoms with Gasteiger partial charge in [-0.3, -0.25) is 0 Å². The van der Waals surface area contributed by atoms with Gasteiger partial charge in [0, 0.05) is 0 Å². The van der Waals surface area contributed by atoms with Crippen LogP contribution in [0.15, 0.2) is 36.4 Å². The van der Waals surface area contributed by atoms with E-state index in [4.69, 9.17) is 9.47 Å². The topological polar surface area (TPSA) is 18.5 Å². The van der Waals surface area contributed by atoms with Crippen molar-refractivity contribution in [1.29, 1.82) is 0 Å². The van der Waals surface area contributed by atoms with E-state index < -0.39 is 24.2 Å². The van der Waals surface area contributed by atoms with Gasteiger partial charge in [0.25, 0.3) is 0 Å². The van der Waals surface area contributed by atoms with Gasteiger partial charge in [-0.2, -0.15) is 13.2 Å². The van der Waals surface area contributed by atoms with Gasteiger partial charge in [0.05, 0.1) is 13.0 Å². The van der Waals surface area contributed by atoms with Crippen LogP contribution in [0.25, 0.3) is 0 Å². The van der Waals surface area contributed by atoms with Crippen LogP contribution >= 0.6 is 0 Å². The third-order valence-electron chi connectivity index (χ3n) is 7.25. The minimum atomic E-state index is -3.50. The molecule has 1 saturated carbocycles. The number of benzene rings is 2. The number of rotatable bonds is 14. The summed E-state index contributed by atoms with van der Waals surface area (Å²) in [5.74, 6) is -1.13. The highest BCUT2D eigenvalue weighted by atomic mass is 19.3. The van der Waals surface area contributed by atoms with E-state index >= 15 is 0 Å². The molecule has 0 aromatic heterocycles. The molecule has 200 valence electrons. The second-order valence-corrected chi connectivity index (χ2v) is 10.1. The molecule has 3 rings (SSSR count). The first-order valence-electron chi connectivity index (χ1n) is 13.6. The second kappa shape index (κ2) is 13.9. The molecule has 0 spiro atoms. The van der Waals surface area contributed by atoms with Crippen molar-refractivity contribution in [2.45, 2.75) is 103 Å². The van der Waals surface area contributed by atoms with Crippen molar-refractivity contribution >= 4 is 0 Å². The van der Waals surface area contributed by atoms with Gasteiger partial charge >= 0.3 is 6.11 Å². The Morgan fingerprint density at radius 2 is 1.53 bits per heavy atom. The molecule has 6 heteroatoms. The molecule has 1 fully saturated rings. The summed E-state index contributed by atoms with van der Waals surface area (Å²) in [6.45, 7) is 4.46. The van der Waals surface area contributed by atoms with Crippen molar-refractivity contribution in [2.75, 3.05) is 6.61 Å². The van der Waals surface area contributed by atoms with Gasteiger partial charge in [-0.25, -0.2) is 4.39 Å². The Morgan fingerprint density at radius 1 is 0.833 bits per heavy atom. The monoisotopic (exact) mass is 508 g/mol. The van der Waals surface area contributed by atoms with Crippen LogP contribution in [0.2, 0.25) is 0 Å². The number of unbranched alkanes of at least 4 members (excludes halogenated alkanes) is 3. The molecule has 0 radical (unpaired) electrons. The Bertz CT molecular complexity index is 921. The minimum Gasteiger partial charge on any atom is -0.490 e. The fraction of sp³-hybridized carbons (Fsp3) is 0.600. The predicted octanol–water partition coefficient (Wildman–Crippen LogP) is 9.60. The molecule has 0 amide bonds. The quantitative estimate of drug-likeness (QED) is 0.187. The first-order valence-corrected chi connectivity index (χ1v) is 13.6. The Morgan fingerprint density at radius 3 is 2.19 bits per heavy atom. The van der Waals surface area contributed by atoms with E-state index in [2.05, 4.69) is 6.92 Å². The summed E-state index contributed by atoms with van der Waals surface area (Å²) >= 11 is 0. The van der Waals surface area contributed by atoms with Crippen molar-refractivity contribution < 1.29 is 27.0 Å². The number of alkyl halides is 2. The summed E-state index contributed by atoms with van der Waals surface area (Å²) < 4.78 is 67.7. The molecule has 36 heavy (non-hydrogen) atoms. The first kappa shape index (κ1) is 28.3. The van der Waals surface area contributed by atoms with Crippen LogP contribution < -0.4 is 9.47 Å². The average molecular weight is 509 g/mol. The molecular weight excluding hydrogens is 468 g/mol. The van der Waals surface area contributed by atoms with E-state index in [0.717, 1.165) is 30.7 Å². The van der Waals surface area contributed by atoms with Crippen LogP contribution in [0.4, 0.5) is 17.6 Å². The molecule has 0 saturated heterocycles. The lowest BCUT2D eigenvalue weighted by molar-refractivity contribution is -0.180. The van der Waals surface area contributed by atoms with Gasteiger partial charge in [-0.1, -0.05) is 64.2 Å². The molecule has 2 nitrogen and oxygen atoms in total. The summed E-state index contributed by atoms with van der Waals surface area (Å²) in [5, 5.41) is 0. The van der Waals surface area contributed by atoms with Crippen molar-refractivity contribution in [3.05, 3.63) is 59.2 Å². The number of hydrogen-bond donors (Lipinski definition) is 0. The fourth-order valence-electron chi connectivity index (χ4n) is 4.98. The highest BCUT2D eigenvalue weighted by molar-refractivity contribution is 5.32. The zero-order chi connectivity index (χ0) is 26.0. The molecular formula is C30H40F4O2. The first-order chi connectivity index (χ1) is 17.3. The van der Waals surface area contributed by atoms with Crippen LogP contribution in [0.5, 0.6) is 11.5 Å². The number of aryl methyl sites for hydroxylation is 1. The summed E-state index contributed by atoms with van der Waals surface area (Å²) in [4.78, 5) is 0. The predicted molar refractivity (Wildman–Crippen MR) is 136 cm³/mol. The molecule has 1 aliphatic rings. The standard InChI is InChI=1S/C30H40F4O2/c1-3-5-7-8-22-9-11-23(12-10-22)24-13-16-26(17-14-24)36-30(33,34)20-19-25-15-18-27(29(32)28(25)31)35-21-6-4-2/h13-18,22-23H,3-12,19-21H2,1-2H3. The van der Waals surface area contributed by atoms with Gasteiger partial charge in [0.1, 0.15) is 5.75 Å². The molecule has 0 heterocycles. The zero-order valence-corrected chi connectivity index (χ0v) is 21.6. The Labute approximate surface area is 213 Å². The van der Waals surface area contributed by atoms with Gasteiger partial charge in [-0.15, -0.1) is 0 Å². The molecule has 1 aliphatic carbocycles. The van der Waals surface area contributed by atoms with Crippen LogP contribution in [-0.2, 0) is 6.42 Å². The summed E-state index contributed by atoms with van der Waals surface area (Å²) in [5.41, 5.74) is 1.04. The summed E-state index contributed by atoms with van der Waals surface area (Å²) in [6.07, 6.45) is 6.87. The van der Waals surface area contributed by atoms with E-state index in [1.807, 2.05) is 19.1 Å². The normalized spacial score (nSPS) is 18.3. The molecule has 0 bridgehead atoms. The lowest BCUT2D eigenvalue weighted by atomic mass is 9.77. The molecule has 0 N–H and O–H groups in total. The third-order valence-corrected chi connectivity index (χ3v) is 7.25.